The smallest absolute Gasteiger partial charge is 0.271 e. The molecule has 0 N–H and O–H groups in total. The van der Waals surface area contributed by atoms with E-state index >= 15 is 0 Å². The van der Waals surface area contributed by atoms with E-state index in [1.54, 1.807) is 29.7 Å². The zero-order valence-electron chi connectivity index (χ0n) is 19.7. The summed E-state index contributed by atoms with van der Waals surface area (Å²) in [7, 11) is 0. The Balaban J connectivity index is 1.36. The van der Waals surface area contributed by atoms with Gasteiger partial charge in [-0.15, -0.1) is 0 Å². The highest BCUT2D eigenvalue weighted by atomic mass is 35.5. The van der Waals surface area contributed by atoms with Crippen LogP contribution in [0.5, 0.6) is 11.5 Å². The Morgan fingerprint density at radius 3 is 2.86 bits per heavy atom. The van der Waals surface area contributed by atoms with Crippen molar-refractivity contribution in [2.24, 2.45) is 10.9 Å². The number of aromatic nitrogens is 1. The van der Waals surface area contributed by atoms with Gasteiger partial charge in [-0.1, -0.05) is 41.1 Å². The maximum atomic E-state index is 13.6. The summed E-state index contributed by atoms with van der Waals surface area (Å²) in [5, 5.41) is -0.0306. The molecule has 6 rings (SSSR count). The summed E-state index contributed by atoms with van der Waals surface area (Å²) in [4.78, 5) is 31.6. The summed E-state index contributed by atoms with van der Waals surface area (Å²) in [6, 6.07) is 14.5. The second-order valence-corrected chi connectivity index (χ2v) is 10.5. The van der Waals surface area contributed by atoms with Crippen molar-refractivity contribution < 1.29 is 23.1 Å². The number of hydrogen-bond acceptors (Lipinski definition) is 7. The van der Waals surface area contributed by atoms with E-state index in [-0.39, 0.29) is 23.0 Å². The average molecular weight is 539 g/mol. The van der Waals surface area contributed by atoms with Crippen LogP contribution < -0.4 is 24.4 Å². The molecule has 37 heavy (non-hydrogen) atoms. The van der Waals surface area contributed by atoms with Gasteiger partial charge in [-0.3, -0.25) is 14.2 Å². The lowest BCUT2D eigenvalue weighted by Crippen LogP contribution is -2.58. The second-order valence-electron chi connectivity index (χ2n) is 9.08. The first-order valence-electron chi connectivity index (χ1n) is 11.5. The minimum absolute atomic E-state index is 0.0306. The highest BCUT2D eigenvalue weighted by molar-refractivity contribution is 7.07. The number of benzene rings is 2. The second kappa shape index (κ2) is 8.71. The van der Waals surface area contributed by atoms with Gasteiger partial charge in [0.25, 0.3) is 5.56 Å². The van der Waals surface area contributed by atoms with Crippen LogP contribution >= 0.6 is 22.9 Å². The lowest BCUT2D eigenvalue weighted by molar-refractivity contribution is -0.132. The maximum absolute atomic E-state index is 13.6. The zero-order chi connectivity index (χ0) is 25.9. The fourth-order valence-electron chi connectivity index (χ4n) is 4.96. The SMILES string of the molecule is CC(=O)[C@H]1[C@@H]2c3ccccc3O[C@]1(C)N=c1s/c(=C/c3ccc(COc4ccc(F)c(Cl)c4)o3)c(=O)n12. The number of Topliss-reactive ketones (excluding diaryl/α,β-unsaturated/α-hetero) is 1. The summed E-state index contributed by atoms with van der Waals surface area (Å²) in [6.07, 6.45) is 1.65. The topological polar surface area (TPSA) is 83.0 Å². The number of furan rings is 1. The van der Waals surface area contributed by atoms with Crippen LogP contribution in [0.15, 0.2) is 68.8 Å². The van der Waals surface area contributed by atoms with Gasteiger partial charge in [0.2, 0.25) is 5.72 Å². The Labute approximate surface area is 219 Å². The molecule has 0 spiro atoms. The number of rotatable bonds is 5. The Morgan fingerprint density at radius 1 is 1.27 bits per heavy atom. The van der Waals surface area contributed by atoms with Crippen molar-refractivity contribution in [2.75, 3.05) is 0 Å². The van der Waals surface area contributed by atoms with Crippen LogP contribution in [-0.2, 0) is 11.4 Å². The third kappa shape index (κ3) is 3.98. The van der Waals surface area contributed by atoms with E-state index < -0.39 is 23.5 Å². The van der Waals surface area contributed by atoms with Crippen molar-refractivity contribution >= 4 is 34.8 Å². The molecule has 0 aliphatic carbocycles. The Kier molecular flexibility index (Phi) is 5.58. The lowest BCUT2D eigenvalue weighted by Gasteiger charge is -2.45. The molecule has 4 aromatic rings. The first-order valence-corrected chi connectivity index (χ1v) is 12.7. The molecular formula is C27H20ClFN2O5S. The molecule has 7 nitrogen and oxygen atoms in total. The number of fused-ring (bicyclic) bond motifs is 6. The molecule has 3 atom stereocenters. The normalized spacial score (nSPS) is 22.0. The van der Waals surface area contributed by atoms with Gasteiger partial charge in [-0.2, -0.15) is 0 Å². The van der Waals surface area contributed by atoms with Gasteiger partial charge in [-0.05, 0) is 44.2 Å². The minimum atomic E-state index is -1.11. The van der Waals surface area contributed by atoms with E-state index in [9.17, 15) is 14.0 Å². The number of para-hydroxylation sites is 1. The average Bonchev–Trinajstić information content (AvgIpc) is 3.42. The number of halogens is 2. The van der Waals surface area contributed by atoms with Gasteiger partial charge in [0.1, 0.15) is 47.1 Å². The number of ketones is 1. The number of carbonyl (C=O) groups is 1. The van der Waals surface area contributed by atoms with E-state index in [2.05, 4.69) is 0 Å². The minimum Gasteiger partial charge on any atom is -0.486 e. The van der Waals surface area contributed by atoms with Crippen molar-refractivity contribution in [1.29, 1.82) is 0 Å². The van der Waals surface area contributed by atoms with Crippen LogP contribution in [0.25, 0.3) is 6.08 Å². The standard InChI is InChI=1S/C27H20ClFN2O5S/c1-14(32)23-24-18-5-3-4-6-21(18)36-27(23,2)30-26-31(24)25(33)22(37-26)12-16-7-8-17(35-16)13-34-15-9-10-20(29)19(28)11-15/h3-12,23-24H,13H2,1-2H3/b22-12+/t23-,24-,27-/m0/s1. The van der Waals surface area contributed by atoms with Gasteiger partial charge in [0.15, 0.2) is 4.80 Å². The van der Waals surface area contributed by atoms with Crippen LogP contribution in [0.4, 0.5) is 4.39 Å². The van der Waals surface area contributed by atoms with E-state index in [0.29, 0.717) is 32.4 Å². The first kappa shape index (κ1) is 23.7. The van der Waals surface area contributed by atoms with Crippen LogP contribution in [0.1, 0.15) is 37.0 Å². The molecule has 10 heteroatoms. The van der Waals surface area contributed by atoms with Crippen LogP contribution in [0, 0.1) is 11.7 Å². The quantitative estimate of drug-likeness (QED) is 0.379. The number of nitrogens with zero attached hydrogens (tertiary/aromatic N) is 2. The summed E-state index contributed by atoms with van der Waals surface area (Å²) < 4.78 is 33.0. The summed E-state index contributed by atoms with van der Waals surface area (Å²) in [5.74, 6) is 0.731. The summed E-state index contributed by atoms with van der Waals surface area (Å²) in [5.41, 5.74) is -0.590. The van der Waals surface area contributed by atoms with Crippen molar-refractivity contribution in [3.63, 3.8) is 0 Å². The molecule has 2 aliphatic heterocycles. The molecule has 2 aliphatic rings. The Morgan fingerprint density at radius 2 is 2.08 bits per heavy atom. The van der Waals surface area contributed by atoms with E-state index in [1.807, 2.05) is 24.3 Å². The van der Waals surface area contributed by atoms with Gasteiger partial charge < -0.3 is 13.9 Å². The molecule has 0 radical (unpaired) electrons. The lowest BCUT2D eigenvalue weighted by atomic mass is 9.79. The Bertz CT molecular complexity index is 1740. The van der Waals surface area contributed by atoms with Gasteiger partial charge in [0, 0.05) is 17.7 Å². The molecule has 0 saturated carbocycles. The molecule has 4 heterocycles. The van der Waals surface area contributed by atoms with Crippen molar-refractivity contribution in [2.45, 2.75) is 32.2 Å². The zero-order valence-corrected chi connectivity index (χ0v) is 21.3. The van der Waals surface area contributed by atoms with E-state index in [4.69, 9.17) is 30.5 Å². The Hall–Kier alpha value is -3.69. The molecular weight excluding hydrogens is 519 g/mol. The largest absolute Gasteiger partial charge is 0.486 e. The predicted octanol–water partition coefficient (Wildman–Crippen LogP) is 4.24. The van der Waals surface area contributed by atoms with Crippen molar-refractivity contribution in [3.8, 4) is 11.5 Å². The molecule has 2 bridgehead atoms. The van der Waals surface area contributed by atoms with Gasteiger partial charge >= 0.3 is 0 Å². The predicted molar refractivity (Wildman–Crippen MR) is 135 cm³/mol. The summed E-state index contributed by atoms with van der Waals surface area (Å²) >= 11 is 7.01. The van der Waals surface area contributed by atoms with E-state index in [1.165, 1.54) is 36.5 Å². The number of hydrogen-bond donors (Lipinski definition) is 0. The fourth-order valence-corrected chi connectivity index (χ4v) is 6.21. The number of ether oxygens (including phenoxy) is 2. The highest BCUT2D eigenvalue weighted by Gasteiger charge is 2.53. The number of carbonyl (C=O) groups excluding carboxylic acids is 1. The third-order valence-corrected chi connectivity index (χ3v) is 7.82. The molecule has 2 aromatic carbocycles. The molecule has 0 unspecified atom stereocenters. The van der Waals surface area contributed by atoms with Crippen LogP contribution in [0.2, 0.25) is 5.02 Å². The van der Waals surface area contributed by atoms with E-state index in [0.717, 1.165) is 5.56 Å². The first-order chi connectivity index (χ1) is 17.7. The van der Waals surface area contributed by atoms with Crippen LogP contribution in [0.3, 0.4) is 0 Å². The fraction of sp³-hybridized carbons (Fsp3) is 0.222. The molecule has 188 valence electrons. The maximum Gasteiger partial charge on any atom is 0.271 e. The van der Waals surface area contributed by atoms with Crippen molar-refractivity contribution in [3.05, 3.63) is 102 Å². The molecule has 0 amide bonds. The van der Waals surface area contributed by atoms with Crippen molar-refractivity contribution in [1.82, 2.24) is 4.57 Å². The van der Waals surface area contributed by atoms with Gasteiger partial charge in [0.05, 0.1) is 15.6 Å². The highest BCUT2D eigenvalue weighted by Crippen LogP contribution is 2.47. The van der Waals surface area contributed by atoms with Gasteiger partial charge in [-0.25, -0.2) is 9.38 Å². The van der Waals surface area contributed by atoms with Crippen LogP contribution in [-0.4, -0.2) is 16.1 Å². The summed E-state index contributed by atoms with van der Waals surface area (Å²) in [6.45, 7) is 3.39. The monoisotopic (exact) mass is 538 g/mol. The molecule has 2 aromatic heterocycles. The third-order valence-electron chi connectivity index (χ3n) is 6.55. The molecule has 0 saturated heterocycles. The molecule has 0 fully saturated rings. The number of thiazole rings is 1.